The van der Waals surface area contributed by atoms with Gasteiger partial charge in [-0.3, -0.25) is 4.90 Å². The van der Waals surface area contributed by atoms with Crippen molar-refractivity contribution in [1.29, 1.82) is 5.41 Å². The lowest BCUT2D eigenvalue weighted by Gasteiger charge is -2.45. The van der Waals surface area contributed by atoms with Gasteiger partial charge in [-0.15, -0.1) is 0 Å². The van der Waals surface area contributed by atoms with E-state index in [1.165, 1.54) is 0 Å². The average molecular weight is 274 g/mol. The molecule has 0 aliphatic carbocycles. The smallest absolute Gasteiger partial charge is 0.280 e. The van der Waals surface area contributed by atoms with Crippen LogP contribution < -0.4 is 11.1 Å². The van der Waals surface area contributed by atoms with E-state index in [2.05, 4.69) is 5.32 Å². The Kier molecular flexibility index (Phi) is 4.05. The summed E-state index contributed by atoms with van der Waals surface area (Å²) in [6.07, 6.45) is 1.31. The minimum Gasteiger partial charge on any atom is -0.396 e. The first-order valence-electron chi connectivity index (χ1n) is 6.37. The largest absolute Gasteiger partial charge is 0.396 e. The number of nitrogens with one attached hydrogen (secondary N) is 2. The second-order valence-electron chi connectivity index (χ2n) is 5.13. The second kappa shape index (κ2) is 5.42. The number of rotatable bonds is 4. The van der Waals surface area contributed by atoms with Crippen LogP contribution >= 0.6 is 0 Å². The Bertz CT molecular complexity index is 382. The number of nitrogens with zero attached hydrogens (tertiary/aromatic N) is 1. The summed E-state index contributed by atoms with van der Waals surface area (Å²) in [6, 6.07) is -0.793. The Hall–Kier alpha value is -1.21. The fraction of sp³-hybridized carbons (Fsp3) is 0.750. The second-order valence-corrected chi connectivity index (χ2v) is 5.13. The van der Waals surface area contributed by atoms with Crippen LogP contribution in [0.2, 0.25) is 0 Å². The van der Waals surface area contributed by atoms with Gasteiger partial charge in [0.2, 0.25) is 0 Å². The summed E-state index contributed by atoms with van der Waals surface area (Å²) in [5, 5.41) is 9.77. The van der Waals surface area contributed by atoms with Crippen LogP contribution in [-0.2, 0) is 4.74 Å². The minimum absolute atomic E-state index is 0.134. The van der Waals surface area contributed by atoms with Crippen molar-refractivity contribution in [2.75, 3.05) is 26.3 Å². The van der Waals surface area contributed by atoms with E-state index >= 15 is 0 Å². The summed E-state index contributed by atoms with van der Waals surface area (Å²) in [5.41, 5.74) is 6.15. The quantitative estimate of drug-likeness (QED) is 0.654. The highest BCUT2D eigenvalue weighted by molar-refractivity contribution is 5.75. The van der Waals surface area contributed by atoms with Crippen LogP contribution in [0, 0.1) is 5.41 Å². The van der Waals surface area contributed by atoms with Crippen LogP contribution in [0.3, 0.4) is 0 Å². The standard InChI is InChI=1S/C12H20F2N4O/c1-8(10(16)4-15)17-11-2-3-18(7-12(11,13)14)9-5-19-6-9/h4,9,11,15,17H,2-3,5-7,16H2,1H3/b10-8+,15-4?. The molecule has 2 saturated heterocycles. The SMILES string of the molecule is C/C(NC1CCN(C2COC2)CC1(F)F)=C(\N)C=N. The van der Waals surface area contributed by atoms with E-state index < -0.39 is 12.0 Å². The van der Waals surface area contributed by atoms with Crippen LogP contribution in [0.5, 0.6) is 0 Å². The van der Waals surface area contributed by atoms with E-state index in [4.69, 9.17) is 15.9 Å². The van der Waals surface area contributed by atoms with Gasteiger partial charge in [-0.2, -0.15) is 0 Å². The van der Waals surface area contributed by atoms with Gasteiger partial charge >= 0.3 is 0 Å². The van der Waals surface area contributed by atoms with Crippen molar-refractivity contribution in [3.63, 3.8) is 0 Å². The van der Waals surface area contributed by atoms with Gasteiger partial charge in [-0.1, -0.05) is 0 Å². The van der Waals surface area contributed by atoms with Crippen molar-refractivity contribution < 1.29 is 13.5 Å². The van der Waals surface area contributed by atoms with Gasteiger partial charge in [0, 0.05) is 18.5 Å². The monoisotopic (exact) mass is 274 g/mol. The molecule has 0 aromatic rings. The molecule has 19 heavy (non-hydrogen) atoms. The third-order valence-corrected chi connectivity index (χ3v) is 3.74. The summed E-state index contributed by atoms with van der Waals surface area (Å²) in [5.74, 6) is -2.81. The molecular formula is C12H20F2N4O. The van der Waals surface area contributed by atoms with E-state index in [9.17, 15) is 8.78 Å². The van der Waals surface area contributed by atoms with Crippen LogP contribution in [0.1, 0.15) is 13.3 Å². The molecule has 2 aliphatic rings. The lowest BCUT2D eigenvalue weighted by atomic mass is 9.98. The highest BCUT2D eigenvalue weighted by Crippen LogP contribution is 2.30. The molecule has 1 atom stereocenters. The number of likely N-dealkylation sites (tertiary alicyclic amines) is 1. The molecule has 4 N–H and O–H groups in total. The van der Waals surface area contributed by atoms with Crippen molar-refractivity contribution in [2.45, 2.75) is 31.4 Å². The van der Waals surface area contributed by atoms with Gasteiger partial charge in [0.05, 0.1) is 37.5 Å². The Morgan fingerprint density at radius 3 is 2.68 bits per heavy atom. The number of allylic oxidation sites excluding steroid dienone is 2. The Morgan fingerprint density at radius 2 is 2.21 bits per heavy atom. The van der Waals surface area contributed by atoms with Gasteiger partial charge in [0.15, 0.2) is 0 Å². The fourth-order valence-corrected chi connectivity index (χ4v) is 2.34. The number of nitrogens with two attached hydrogens (primary N) is 1. The first kappa shape index (κ1) is 14.2. The van der Waals surface area contributed by atoms with Crippen molar-refractivity contribution in [3.8, 4) is 0 Å². The number of hydrogen-bond acceptors (Lipinski definition) is 5. The zero-order valence-electron chi connectivity index (χ0n) is 11.0. The molecule has 2 rings (SSSR count). The Balaban J connectivity index is 1.98. The van der Waals surface area contributed by atoms with Crippen molar-refractivity contribution in [2.24, 2.45) is 5.73 Å². The predicted octanol–water partition coefficient (Wildman–Crippen LogP) is 0.524. The summed E-state index contributed by atoms with van der Waals surface area (Å²) in [6.45, 7) is 3.08. The predicted molar refractivity (Wildman–Crippen MR) is 68.3 cm³/mol. The molecule has 2 aliphatic heterocycles. The molecule has 0 saturated carbocycles. The summed E-state index contributed by atoms with van der Waals surface area (Å²) in [7, 11) is 0. The summed E-state index contributed by atoms with van der Waals surface area (Å²) in [4.78, 5) is 1.79. The lowest BCUT2D eigenvalue weighted by molar-refractivity contribution is -0.138. The van der Waals surface area contributed by atoms with Gasteiger partial charge < -0.3 is 21.2 Å². The maximum absolute atomic E-state index is 14.1. The van der Waals surface area contributed by atoms with E-state index in [1.807, 2.05) is 0 Å². The topological polar surface area (TPSA) is 74.4 Å². The number of hydrogen-bond donors (Lipinski definition) is 3. The first-order valence-corrected chi connectivity index (χ1v) is 6.37. The van der Waals surface area contributed by atoms with E-state index in [0.717, 1.165) is 6.21 Å². The molecule has 7 heteroatoms. The van der Waals surface area contributed by atoms with E-state index in [1.54, 1.807) is 11.8 Å². The van der Waals surface area contributed by atoms with Gasteiger partial charge in [0.1, 0.15) is 0 Å². The zero-order valence-corrected chi connectivity index (χ0v) is 11.0. The molecule has 2 fully saturated rings. The van der Waals surface area contributed by atoms with Gasteiger partial charge in [0.25, 0.3) is 5.92 Å². The maximum atomic E-state index is 14.1. The average Bonchev–Trinajstić information content (AvgIpc) is 2.28. The van der Waals surface area contributed by atoms with Crippen LogP contribution in [-0.4, -0.2) is 55.4 Å². The number of piperidine rings is 1. The Morgan fingerprint density at radius 1 is 1.53 bits per heavy atom. The molecule has 5 nitrogen and oxygen atoms in total. The molecule has 0 bridgehead atoms. The highest BCUT2D eigenvalue weighted by atomic mass is 19.3. The summed E-state index contributed by atoms with van der Waals surface area (Å²) >= 11 is 0. The third kappa shape index (κ3) is 3.03. The molecule has 0 amide bonds. The van der Waals surface area contributed by atoms with E-state index in [0.29, 0.717) is 31.9 Å². The van der Waals surface area contributed by atoms with Crippen LogP contribution in [0.15, 0.2) is 11.4 Å². The number of ether oxygens (including phenoxy) is 1. The van der Waals surface area contributed by atoms with Crippen molar-refractivity contribution in [1.82, 2.24) is 10.2 Å². The molecule has 108 valence electrons. The lowest BCUT2D eigenvalue weighted by Crippen LogP contribution is -2.62. The van der Waals surface area contributed by atoms with Crippen molar-refractivity contribution in [3.05, 3.63) is 11.4 Å². The fourth-order valence-electron chi connectivity index (χ4n) is 2.34. The maximum Gasteiger partial charge on any atom is 0.280 e. The summed E-state index contributed by atoms with van der Waals surface area (Å²) < 4.78 is 33.2. The highest BCUT2D eigenvalue weighted by Gasteiger charge is 2.47. The minimum atomic E-state index is -2.81. The molecule has 0 spiro atoms. The Labute approximate surface area is 111 Å². The van der Waals surface area contributed by atoms with Crippen LogP contribution in [0.4, 0.5) is 8.78 Å². The first-order chi connectivity index (χ1) is 8.94. The normalized spacial score (nSPS) is 29.3. The molecular weight excluding hydrogens is 254 g/mol. The molecule has 2 heterocycles. The number of alkyl halides is 2. The van der Waals surface area contributed by atoms with Crippen molar-refractivity contribution >= 4 is 6.21 Å². The molecule has 0 radical (unpaired) electrons. The number of halogens is 2. The van der Waals surface area contributed by atoms with Crippen LogP contribution in [0.25, 0.3) is 0 Å². The van der Waals surface area contributed by atoms with E-state index in [-0.39, 0.29) is 18.3 Å². The third-order valence-electron chi connectivity index (χ3n) is 3.74. The molecule has 0 aromatic heterocycles. The molecule has 0 aromatic carbocycles. The van der Waals surface area contributed by atoms with Gasteiger partial charge in [-0.25, -0.2) is 8.78 Å². The zero-order chi connectivity index (χ0) is 14.0. The molecule has 1 unspecified atom stereocenters. The van der Waals surface area contributed by atoms with Gasteiger partial charge in [-0.05, 0) is 13.3 Å².